The van der Waals surface area contributed by atoms with Gasteiger partial charge in [-0.15, -0.1) is 0 Å². The number of halogens is 3. The molecule has 0 aliphatic heterocycles. The van der Waals surface area contributed by atoms with Gasteiger partial charge in [-0.2, -0.15) is 8.78 Å². The Morgan fingerprint density at radius 2 is 1.86 bits per heavy atom. The predicted molar refractivity (Wildman–Crippen MR) is 73.4 cm³/mol. The van der Waals surface area contributed by atoms with Crippen molar-refractivity contribution >= 4 is 5.69 Å². The van der Waals surface area contributed by atoms with Crippen LogP contribution in [0.2, 0.25) is 0 Å². The van der Waals surface area contributed by atoms with Crippen LogP contribution < -0.4 is 14.8 Å². The van der Waals surface area contributed by atoms with Gasteiger partial charge in [0.15, 0.2) is 11.6 Å². The van der Waals surface area contributed by atoms with Crippen molar-refractivity contribution in [1.29, 1.82) is 0 Å². The summed E-state index contributed by atoms with van der Waals surface area (Å²) in [5.41, 5.74) is 1.06. The van der Waals surface area contributed by atoms with Gasteiger partial charge < -0.3 is 14.8 Å². The van der Waals surface area contributed by atoms with Gasteiger partial charge in [0.2, 0.25) is 0 Å². The highest BCUT2D eigenvalue weighted by atomic mass is 19.3. The molecule has 0 heterocycles. The maximum absolute atomic E-state index is 13.5. The van der Waals surface area contributed by atoms with Crippen LogP contribution in [0, 0.1) is 5.82 Å². The van der Waals surface area contributed by atoms with Crippen molar-refractivity contribution in [2.75, 3.05) is 12.4 Å². The van der Waals surface area contributed by atoms with Crippen LogP contribution in [0.5, 0.6) is 11.5 Å². The minimum Gasteiger partial charge on any atom is -0.494 e. The molecule has 2 aromatic carbocycles. The summed E-state index contributed by atoms with van der Waals surface area (Å²) in [6.07, 6.45) is 0. The lowest BCUT2D eigenvalue weighted by atomic mass is 10.2. The summed E-state index contributed by atoms with van der Waals surface area (Å²) < 4.78 is 47.4. The summed E-state index contributed by atoms with van der Waals surface area (Å²) in [6, 6.07) is 10.8. The fourth-order valence-corrected chi connectivity index (χ4v) is 1.83. The number of alkyl halides is 2. The van der Waals surface area contributed by atoms with E-state index in [0.29, 0.717) is 11.3 Å². The second-order valence-corrected chi connectivity index (χ2v) is 4.19. The molecule has 0 aromatic heterocycles. The van der Waals surface area contributed by atoms with Crippen LogP contribution in [0.4, 0.5) is 18.9 Å². The Morgan fingerprint density at radius 1 is 1.10 bits per heavy atom. The molecule has 0 aliphatic rings. The van der Waals surface area contributed by atoms with Crippen molar-refractivity contribution in [3.8, 4) is 11.5 Å². The normalized spacial score (nSPS) is 10.5. The van der Waals surface area contributed by atoms with E-state index in [1.807, 2.05) is 0 Å². The molecule has 2 rings (SSSR count). The lowest BCUT2D eigenvalue weighted by Crippen LogP contribution is -2.07. The number of anilines is 1. The minimum absolute atomic E-state index is 0.0917. The Morgan fingerprint density at radius 3 is 2.52 bits per heavy atom. The molecule has 21 heavy (non-hydrogen) atoms. The fourth-order valence-electron chi connectivity index (χ4n) is 1.83. The van der Waals surface area contributed by atoms with Gasteiger partial charge >= 0.3 is 6.61 Å². The van der Waals surface area contributed by atoms with E-state index in [1.54, 1.807) is 24.3 Å². The Labute approximate surface area is 120 Å². The highest BCUT2D eigenvalue weighted by Crippen LogP contribution is 2.24. The highest BCUT2D eigenvalue weighted by molar-refractivity contribution is 5.48. The summed E-state index contributed by atoms with van der Waals surface area (Å²) >= 11 is 0. The molecule has 0 spiro atoms. The molecule has 0 saturated carbocycles. The van der Waals surface area contributed by atoms with E-state index in [4.69, 9.17) is 4.74 Å². The topological polar surface area (TPSA) is 30.5 Å². The largest absolute Gasteiger partial charge is 0.494 e. The summed E-state index contributed by atoms with van der Waals surface area (Å²) in [5.74, 6) is -0.268. The number of rotatable bonds is 6. The number of para-hydroxylation sites is 1. The summed E-state index contributed by atoms with van der Waals surface area (Å²) in [4.78, 5) is 0. The Kier molecular flexibility index (Phi) is 4.92. The predicted octanol–water partition coefficient (Wildman–Crippen LogP) is 4.05. The number of methoxy groups -OCH3 is 1. The van der Waals surface area contributed by atoms with Crippen LogP contribution in [0.3, 0.4) is 0 Å². The highest BCUT2D eigenvalue weighted by Gasteiger charge is 2.09. The smallest absolute Gasteiger partial charge is 0.387 e. The minimum atomic E-state index is -2.88. The van der Waals surface area contributed by atoms with Crippen molar-refractivity contribution in [2.45, 2.75) is 13.2 Å². The van der Waals surface area contributed by atoms with Gasteiger partial charge in [-0.05, 0) is 18.2 Å². The fraction of sp³-hybridized carbons (Fsp3) is 0.200. The van der Waals surface area contributed by atoms with Crippen LogP contribution >= 0.6 is 0 Å². The van der Waals surface area contributed by atoms with E-state index in [-0.39, 0.29) is 18.0 Å². The average molecular weight is 297 g/mol. The molecular formula is C15H14F3NO2. The molecule has 1 N–H and O–H groups in total. The molecule has 2 aromatic rings. The summed E-state index contributed by atoms with van der Waals surface area (Å²) in [5, 5.41) is 2.95. The Hall–Kier alpha value is -2.37. The van der Waals surface area contributed by atoms with Gasteiger partial charge in [-0.3, -0.25) is 0 Å². The van der Waals surface area contributed by atoms with Gasteiger partial charge in [-0.25, -0.2) is 4.39 Å². The van der Waals surface area contributed by atoms with Gasteiger partial charge in [0, 0.05) is 23.9 Å². The monoisotopic (exact) mass is 297 g/mol. The number of ether oxygens (including phenoxy) is 2. The van der Waals surface area contributed by atoms with Crippen molar-refractivity contribution in [3.63, 3.8) is 0 Å². The third-order valence-corrected chi connectivity index (χ3v) is 2.82. The van der Waals surface area contributed by atoms with Gasteiger partial charge in [0.25, 0.3) is 0 Å². The first-order valence-corrected chi connectivity index (χ1v) is 6.20. The third kappa shape index (κ3) is 4.05. The van der Waals surface area contributed by atoms with Crippen LogP contribution in [0.15, 0.2) is 42.5 Å². The third-order valence-electron chi connectivity index (χ3n) is 2.82. The summed E-state index contributed by atoms with van der Waals surface area (Å²) in [7, 11) is 1.38. The molecule has 0 atom stereocenters. The van der Waals surface area contributed by atoms with E-state index >= 15 is 0 Å². The van der Waals surface area contributed by atoms with Gasteiger partial charge in [-0.1, -0.05) is 18.2 Å². The maximum Gasteiger partial charge on any atom is 0.387 e. The number of hydrogen-bond acceptors (Lipinski definition) is 3. The van der Waals surface area contributed by atoms with Crippen LogP contribution in [-0.2, 0) is 6.54 Å². The average Bonchev–Trinajstić information content (AvgIpc) is 2.46. The van der Waals surface area contributed by atoms with Gasteiger partial charge in [0.1, 0.15) is 5.75 Å². The molecule has 0 unspecified atom stereocenters. The maximum atomic E-state index is 13.5. The van der Waals surface area contributed by atoms with Crippen molar-refractivity contribution in [1.82, 2.24) is 0 Å². The standard InChI is InChI=1S/C15H14F3NO2/c1-20-14-7-6-11(8-12(14)16)19-9-10-4-2-3-5-13(10)21-15(17)18/h2-8,15,19H,9H2,1H3. The Balaban J connectivity index is 2.08. The van der Waals surface area contributed by atoms with Crippen LogP contribution in [0.1, 0.15) is 5.56 Å². The SMILES string of the molecule is COc1ccc(NCc2ccccc2OC(F)F)cc1F. The lowest BCUT2D eigenvalue weighted by Gasteiger charge is -2.12. The second-order valence-electron chi connectivity index (χ2n) is 4.19. The number of nitrogens with one attached hydrogen (secondary N) is 1. The van der Waals surface area contributed by atoms with Crippen molar-refractivity contribution in [2.24, 2.45) is 0 Å². The van der Waals surface area contributed by atoms with E-state index in [9.17, 15) is 13.2 Å². The zero-order valence-corrected chi connectivity index (χ0v) is 11.3. The second kappa shape index (κ2) is 6.88. The number of benzene rings is 2. The quantitative estimate of drug-likeness (QED) is 0.872. The molecule has 0 aliphatic carbocycles. The zero-order chi connectivity index (χ0) is 15.2. The molecule has 0 bridgehead atoms. The Bertz CT molecular complexity index is 605. The van der Waals surface area contributed by atoms with Crippen molar-refractivity contribution in [3.05, 3.63) is 53.8 Å². The lowest BCUT2D eigenvalue weighted by molar-refractivity contribution is -0.0504. The van der Waals surface area contributed by atoms with E-state index in [0.717, 1.165) is 0 Å². The van der Waals surface area contributed by atoms with E-state index in [2.05, 4.69) is 10.1 Å². The van der Waals surface area contributed by atoms with Crippen LogP contribution in [0.25, 0.3) is 0 Å². The molecule has 0 saturated heterocycles. The van der Waals surface area contributed by atoms with Gasteiger partial charge in [0.05, 0.1) is 7.11 Å². The molecule has 112 valence electrons. The van der Waals surface area contributed by atoms with E-state index < -0.39 is 12.4 Å². The molecule has 6 heteroatoms. The number of hydrogen-bond donors (Lipinski definition) is 1. The molecule has 0 amide bonds. The van der Waals surface area contributed by atoms with E-state index in [1.165, 1.54) is 25.3 Å². The first-order valence-electron chi connectivity index (χ1n) is 6.20. The molecular weight excluding hydrogens is 283 g/mol. The molecule has 0 radical (unpaired) electrons. The first kappa shape index (κ1) is 15.0. The zero-order valence-electron chi connectivity index (χ0n) is 11.3. The van der Waals surface area contributed by atoms with Crippen LogP contribution in [-0.4, -0.2) is 13.7 Å². The molecule has 3 nitrogen and oxygen atoms in total. The summed E-state index contributed by atoms with van der Waals surface area (Å²) in [6.45, 7) is -2.65. The molecule has 0 fully saturated rings. The first-order chi connectivity index (χ1) is 10.1. The van der Waals surface area contributed by atoms with Crippen molar-refractivity contribution < 1.29 is 22.6 Å².